The van der Waals surface area contributed by atoms with Gasteiger partial charge in [0.1, 0.15) is 11.8 Å². The summed E-state index contributed by atoms with van der Waals surface area (Å²) in [7, 11) is 0. The number of carboxylic acids is 1. The van der Waals surface area contributed by atoms with Crippen LogP contribution in [0.4, 0.5) is 5.95 Å². The maximum atomic E-state index is 10.5. The van der Waals surface area contributed by atoms with E-state index in [-0.39, 0.29) is 12.1 Å². The molecule has 0 aliphatic heterocycles. The van der Waals surface area contributed by atoms with Gasteiger partial charge in [-0.15, -0.1) is 0 Å². The number of nitriles is 1. The van der Waals surface area contributed by atoms with Crippen molar-refractivity contribution >= 4 is 11.9 Å². The summed E-state index contributed by atoms with van der Waals surface area (Å²) in [5.74, 6) is -0.508. The number of aliphatic carboxylic acids is 1. The number of carbonyl (C=O) groups is 1. The monoisotopic (exact) mass is 234 g/mol. The van der Waals surface area contributed by atoms with E-state index in [4.69, 9.17) is 10.4 Å². The van der Waals surface area contributed by atoms with Crippen molar-refractivity contribution in [2.24, 2.45) is 0 Å². The van der Waals surface area contributed by atoms with Crippen molar-refractivity contribution in [2.75, 3.05) is 5.32 Å². The molecule has 0 atom stereocenters. The van der Waals surface area contributed by atoms with Crippen molar-refractivity contribution in [3.05, 3.63) is 18.0 Å². The molecule has 1 aromatic rings. The van der Waals surface area contributed by atoms with Crippen molar-refractivity contribution in [3.63, 3.8) is 0 Å². The number of nitrogens with zero attached hydrogens (tertiary/aromatic N) is 3. The van der Waals surface area contributed by atoms with Crippen LogP contribution in [-0.4, -0.2) is 26.6 Å². The summed E-state index contributed by atoms with van der Waals surface area (Å²) >= 11 is 0. The lowest BCUT2D eigenvalue weighted by Crippen LogP contribution is -2.32. The Hall–Kier alpha value is -2.16. The van der Waals surface area contributed by atoms with Crippen LogP contribution < -0.4 is 5.32 Å². The molecular weight excluding hydrogens is 220 g/mol. The van der Waals surface area contributed by atoms with Crippen LogP contribution in [0.5, 0.6) is 0 Å². The first kappa shape index (κ1) is 12.9. The van der Waals surface area contributed by atoms with E-state index in [1.165, 1.54) is 12.3 Å². The van der Waals surface area contributed by atoms with Crippen LogP contribution in [0, 0.1) is 11.3 Å². The lowest BCUT2D eigenvalue weighted by atomic mass is 9.99. The van der Waals surface area contributed by atoms with Crippen LogP contribution >= 0.6 is 0 Å². The summed E-state index contributed by atoms with van der Waals surface area (Å²) in [6, 6.07) is 3.43. The molecule has 6 heteroatoms. The first-order chi connectivity index (χ1) is 7.93. The fourth-order valence-corrected chi connectivity index (χ4v) is 1.27. The molecule has 90 valence electrons. The van der Waals surface area contributed by atoms with E-state index in [1.807, 2.05) is 19.9 Å². The quantitative estimate of drug-likeness (QED) is 0.799. The highest BCUT2D eigenvalue weighted by Crippen LogP contribution is 2.16. The molecule has 0 aliphatic carbocycles. The topological polar surface area (TPSA) is 98.9 Å². The molecule has 0 bridgehead atoms. The molecule has 2 N–H and O–H groups in total. The van der Waals surface area contributed by atoms with E-state index >= 15 is 0 Å². The summed E-state index contributed by atoms with van der Waals surface area (Å²) < 4.78 is 0. The first-order valence-electron chi connectivity index (χ1n) is 5.16. The highest BCUT2D eigenvalue weighted by molar-refractivity contribution is 5.66. The zero-order valence-corrected chi connectivity index (χ0v) is 9.77. The third-order valence-corrected chi connectivity index (χ3v) is 2.18. The Bertz CT molecular complexity index is 451. The second-order valence-corrected chi connectivity index (χ2v) is 4.28. The molecule has 0 unspecified atom stereocenters. The summed E-state index contributed by atoms with van der Waals surface area (Å²) in [5.41, 5.74) is -0.163. The minimum atomic E-state index is -0.841. The van der Waals surface area contributed by atoms with Crippen molar-refractivity contribution in [1.82, 2.24) is 9.97 Å². The van der Waals surface area contributed by atoms with Crippen molar-refractivity contribution in [2.45, 2.75) is 32.2 Å². The van der Waals surface area contributed by atoms with Gasteiger partial charge in [0.05, 0.1) is 0 Å². The molecule has 17 heavy (non-hydrogen) atoms. The smallest absolute Gasteiger partial charge is 0.303 e. The van der Waals surface area contributed by atoms with E-state index in [0.717, 1.165) is 0 Å². The van der Waals surface area contributed by atoms with E-state index in [9.17, 15) is 4.79 Å². The molecule has 0 saturated carbocycles. The number of hydrogen-bond donors (Lipinski definition) is 2. The van der Waals surface area contributed by atoms with Crippen molar-refractivity contribution in [3.8, 4) is 6.07 Å². The van der Waals surface area contributed by atoms with E-state index < -0.39 is 11.5 Å². The largest absolute Gasteiger partial charge is 0.481 e. The van der Waals surface area contributed by atoms with E-state index in [2.05, 4.69) is 15.3 Å². The maximum absolute atomic E-state index is 10.5. The third kappa shape index (κ3) is 4.47. The molecule has 0 amide bonds. The molecular formula is C11H14N4O2. The Morgan fingerprint density at radius 1 is 1.65 bits per heavy atom. The molecule has 0 radical (unpaired) electrons. The summed E-state index contributed by atoms with van der Waals surface area (Å²) in [6.07, 6.45) is 2.00. The Balaban J connectivity index is 2.69. The number of anilines is 1. The third-order valence-electron chi connectivity index (χ3n) is 2.18. The van der Waals surface area contributed by atoms with Gasteiger partial charge in [0, 0.05) is 18.2 Å². The van der Waals surface area contributed by atoms with Gasteiger partial charge < -0.3 is 10.4 Å². The lowest BCUT2D eigenvalue weighted by molar-refractivity contribution is -0.137. The predicted octanol–water partition coefficient (Wildman–Crippen LogP) is 1.40. The van der Waals surface area contributed by atoms with E-state index in [0.29, 0.717) is 12.4 Å². The average molecular weight is 234 g/mol. The van der Waals surface area contributed by atoms with Crippen molar-refractivity contribution in [1.29, 1.82) is 5.26 Å². The summed E-state index contributed by atoms with van der Waals surface area (Å²) in [4.78, 5) is 18.4. The number of nitrogens with one attached hydrogen (secondary N) is 1. The van der Waals surface area contributed by atoms with Crippen LogP contribution in [0.1, 0.15) is 32.4 Å². The molecule has 0 fully saturated rings. The highest BCUT2D eigenvalue weighted by atomic mass is 16.4. The molecule has 6 nitrogen and oxygen atoms in total. The molecule has 0 aliphatic rings. The fraction of sp³-hybridized carbons (Fsp3) is 0.455. The van der Waals surface area contributed by atoms with Crippen LogP contribution in [0.15, 0.2) is 12.3 Å². The zero-order valence-electron chi connectivity index (χ0n) is 9.77. The standard InChI is InChI=1S/C11H14N4O2/c1-11(2,5-3-9(16)17)15-10-13-6-4-8(7-12)14-10/h4,6H,3,5H2,1-2H3,(H,16,17)(H,13,14,15). The first-order valence-corrected chi connectivity index (χ1v) is 5.16. The Kier molecular flexibility index (Phi) is 3.99. The van der Waals surface area contributed by atoms with Crippen LogP contribution in [-0.2, 0) is 4.79 Å². The van der Waals surface area contributed by atoms with Gasteiger partial charge in [-0.3, -0.25) is 4.79 Å². The summed E-state index contributed by atoms with van der Waals surface area (Å²) in [6.45, 7) is 3.72. The lowest BCUT2D eigenvalue weighted by Gasteiger charge is -2.25. The Morgan fingerprint density at radius 3 is 2.94 bits per heavy atom. The van der Waals surface area contributed by atoms with Gasteiger partial charge >= 0.3 is 5.97 Å². The highest BCUT2D eigenvalue weighted by Gasteiger charge is 2.20. The van der Waals surface area contributed by atoms with Gasteiger partial charge in [-0.1, -0.05) is 0 Å². The molecule has 1 rings (SSSR count). The molecule has 0 saturated heterocycles. The fourth-order valence-electron chi connectivity index (χ4n) is 1.27. The average Bonchev–Trinajstić information content (AvgIpc) is 2.26. The number of aromatic nitrogens is 2. The maximum Gasteiger partial charge on any atom is 0.303 e. The number of hydrogen-bond acceptors (Lipinski definition) is 5. The second-order valence-electron chi connectivity index (χ2n) is 4.28. The number of carboxylic acid groups (broad SMARTS) is 1. The van der Waals surface area contributed by atoms with Gasteiger partial charge in [0.15, 0.2) is 0 Å². The van der Waals surface area contributed by atoms with Crippen LogP contribution in [0.2, 0.25) is 0 Å². The van der Waals surface area contributed by atoms with Crippen LogP contribution in [0.25, 0.3) is 0 Å². The normalized spacial score (nSPS) is 10.6. The SMILES string of the molecule is CC(C)(CCC(=O)O)Nc1nccc(C#N)n1. The second kappa shape index (κ2) is 5.25. The van der Waals surface area contributed by atoms with Gasteiger partial charge in [-0.2, -0.15) is 5.26 Å². The van der Waals surface area contributed by atoms with Gasteiger partial charge in [-0.25, -0.2) is 9.97 Å². The van der Waals surface area contributed by atoms with Gasteiger partial charge in [0.25, 0.3) is 0 Å². The van der Waals surface area contributed by atoms with E-state index in [1.54, 1.807) is 0 Å². The minimum absolute atomic E-state index is 0.0674. The van der Waals surface area contributed by atoms with Crippen molar-refractivity contribution < 1.29 is 9.90 Å². The molecule has 1 aromatic heterocycles. The molecule has 1 heterocycles. The molecule has 0 aromatic carbocycles. The van der Waals surface area contributed by atoms with Gasteiger partial charge in [0.2, 0.25) is 5.95 Å². The Labute approximate surface area is 99.3 Å². The molecule has 0 spiro atoms. The van der Waals surface area contributed by atoms with Gasteiger partial charge in [-0.05, 0) is 26.3 Å². The number of rotatable bonds is 5. The Morgan fingerprint density at radius 2 is 2.35 bits per heavy atom. The zero-order chi connectivity index (χ0) is 12.9. The minimum Gasteiger partial charge on any atom is -0.481 e. The van der Waals surface area contributed by atoms with Crippen LogP contribution in [0.3, 0.4) is 0 Å². The predicted molar refractivity (Wildman–Crippen MR) is 61.3 cm³/mol. The summed E-state index contributed by atoms with van der Waals surface area (Å²) in [5, 5.41) is 20.3.